The van der Waals surface area contributed by atoms with Gasteiger partial charge in [0.15, 0.2) is 0 Å². The minimum atomic E-state index is 1.06. The zero-order valence-electron chi connectivity index (χ0n) is 37.5. The van der Waals surface area contributed by atoms with E-state index in [9.17, 15) is 0 Å². The molecule has 0 unspecified atom stereocenters. The molecule has 0 bridgehead atoms. The highest BCUT2D eigenvalue weighted by Crippen LogP contribution is 2.47. The predicted octanol–water partition coefficient (Wildman–Crippen LogP) is 18.3. The molecule has 0 aliphatic heterocycles. The summed E-state index contributed by atoms with van der Waals surface area (Å²) in [5.74, 6) is 0. The maximum Gasteiger partial charge on any atom is 0.0561 e. The molecule has 320 valence electrons. The van der Waals surface area contributed by atoms with Crippen molar-refractivity contribution in [2.24, 2.45) is 0 Å². The van der Waals surface area contributed by atoms with Gasteiger partial charge >= 0.3 is 0 Å². The van der Waals surface area contributed by atoms with Crippen LogP contribution in [-0.2, 0) is 0 Å². The Morgan fingerprint density at radius 2 is 0.588 bits per heavy atom. The van der Waals surface area contributed by atoms with Gasteiger partial charge in [-0.3, -0.25) is 0 Å². The number of nitrogens with zero attached hydrogens (tertiary/aromatic N) is 2. The van der Waals surface area contributed by atoms with Crippen LogP contribution in [0, 0.1) is 0 Å². The van der Waals surface area contributed by atoms with Crippen LogP contribution in [-0.4, -0.2) is 4.57 Å². The van der Waals surface area contributed by atoms with Crippen molar-refractivity contribution in [3.05, 3.63) is 279 Å². The van der Waals surface area contributed by atoms with Crippen molar-refractivity contribution >= 4 is 38.9 Å². The SMILES string of the molecule is c1ccc(-c2ccccc2-c2ccc(N(c3ccc(-c4ccccc4-c4ccccc4)c(-c4ccccc4-c4ccccc4)c3)c3ccc4c5ccccc5n(-c5ccccc5)c4c3)cc2)cc1. The number of benzene rings is 11. The topological polar surface area (TPSA) is 8.17 Å². The molecule has 0 fully saturated rings. The summed E-state index contributed by atoms with van der Waals surface area (Å²) in [5.41, 5.74) is 20.9. The number of anilines is 3. The standard InChI is InChI=1S/C66H46N2/c1-5-21-47(22-6-1)55-29-13-14-30-56(55)50-37-39-52(40-38-50)67(54-42-44-63-62-35-19-20-36-65(62)68(66(63)46-54)51-27-11-4-12-28-51)53-41-43-61(59-33-17-15-31-57(59)48-23-7-2-8-24-48)64(45-53)60-34-18-16-32-58(60)49-25-9-3-10-26-49/h1-46H. The van der Waals surface area contributed by atoms with Crippen LogP contribution in [0.25, 0.3) is 94.3 Å². The number of fused-ring (bicyclic) bond motifs is 3. The van der Waals surface area contributed by atoms with Gasteiger partial charge in [-0.2, -0.15) is 0 Å². The molecule has 68 heavy (non-hydrogen) atoms. The summed E-state index contributed by atoms with van der Waals surface area (Å²) in [4.78, 5) is 2.43. The summed E-state index contributed by atoms with van der Waals surface area (Å²) in [5, 5.41) is 2.44. The fourth-order valence-electron chi connectivity index (χ4n) is 10.1. The largest absolute Gasteiger partial charge is 0.310 e. The molecule has 0 atom stereocenters. The quantitative estimate of drug-likeness (QED) is 0.133. The molecule has 0 aliphatic rings. The van der Waals surface area contributed by atoms with E-state index in [1.54, 1.807) is 0 Å². The van der Waals surface area contributed by atoms with E-state index < -0.39 is 0 Å². The van der Waals surface area contributed by atoms with Gasteiger partial charge in [0.25, 0.3) is 0 Å². The van der Waals surface area contributed by atoms with Crippen LogP contribution in [0.3, 0.4) is 0 Å². The van der Waals surface area contributed by atoms with E-state index >= 15 is 0 Å². The van der Waals surface area contributed by atoms with E-state index in [0.717, 1.165) is 39.4 Å². The van der Waals surface area contributed by atoms with Crippen LogP contribution in [0.1, 0.15) is 0 Å². The average Bonchev–Trinajstić information content (AvgIpc) is 3.76. The number of rotatable bonds is 10. The van der Waals surface area contributed by atoms with Crippen LogP contribution in [0.4, 0.5) is 17.1 Å². The van der Waals surface area contributed by atoms with Gasteiger partial charge in [-0.1, -0.05) is 224 Å². The van der Waals surface area contributed by atoms with Crippen LogP contribution in [0.5, 0.6) is 0 Å². The first-order valence-corrected chi connectivity index (χ1v) is 23.3. The van der Waals surface area contributed by atoms with Crippen LogP contribution in [0.2, 0.25) is 0 Å². The van der Waals surface area contributed by atoms with Gasteiger partial charge in [0.1, 0.15) is 0 Å². The summed E-state index contributed by atoms with van der Waals surface area (Å²) in [6.07, 6.45) is 0. The first-order chi connectivity index (χ1) is 33.8. The molecule has 12 rings (SSSR count). The fourth-order valence-corrected chi connectivity index (χ4v) is 10.1. The van der Waals surface area contributed by atoms with E-state index in [2.05, 4.69) is 289 Å². The third kappa shape index (κ3) is 7.45. The molecule has 0 saturated heterocycles. The Morgan fingerprint density at radius 3 is 1.15 bits per heavy atom. The van der Waals surface area contributed by atoms with Crippen LogP contribution >= 0.6 is 0 Å². The van der Waals surface area contributed by atoms with Gasteiger partial charge in [-0.05, 0) is 121 Å². The van der Waals surface area contributed by atoms with E-state index in [4.69, 9.17) is 0 Å². The lowest BCUT2D eigenvalue weighted by atomic mass is 9.86. The molecular weight excluding hydrogens is 821 g/mol. The Kier molecular flexibility index (Phi) is 10.6. The van der Waals surface area contributed by atoms with Gasteiger partial charge in [0.2, 0.25) is 0 Å². The average molecular weight is 867 g/mol. The van der Waals surface area contributed by atoms with Gasteiger partial charge in [0.05, 0.1) is 11.0 Å². The van der Waals surface area contributed by atoms with Crippen molar-refractivity contribution in [3.8, 4) is 72.4 Å². The van der Waals surface area contributed by atoms with Gasteiger partial charge in [0, 0.05) is 33.5 Å². The monoisotopic (exact) mass is 866 g/mol. The van der Waals surface area contributed by atoms with Crippen molar-refractivity contribution in [1.29, 1.82) is 0 Å². The third-order valence-electron chi connectivity index (χ3n) is 13.2. The highest BCUT2D eigenvalue weighted by atomic mass is 15.1. The second-order valence-electron chi connectivity index (χ2n) is 17.2. The third-order valence-corrected chi connectivity index (χ3v) is 13.2. The normalized spacial score (nSPS) is 11.2. The predicted molar refractivity (Wildman–Crippen MR) is 288 cm³/mol. The molecule has 1 aromatic heterocycles. The fraction of sp³-hybridized carbons (Fsp3) is 0. The summed E-state index contributed by atoms with van der Waals surface area (Å²) >= 11 is 0. The molecule has 12 aromatic rings. The minimum Gasteiger partial charge on any atom is -0.310 e. The zero-order valence-corrected chi connectivity index (χ0v) is 37.5. The number of para-hydroxylation sites is 2. The van der Waals surface area contributed by atoms with Gasteiger partial charge in [-0.15, -0.1) is 0 Å². The van der Waals surface area contributed by atoms with Gasteiger partial charge < -0.3 is 9.47 Å². The molecule has 0 aliphatic carbocycles. The van der Waals surface area contributed by atoms with Crippen molar-refractivity contribution in [3.63, 3.8) is 0 Å². The Hall–Kier alpha value is -8.98. The lowest BCUT2D eigenvalue weighted by Gasteiger charge is -2.28. The first-order valence-electron chi connectivity index (χ1n) is 23.3. The lowest BCUT2D eigenvalue weighted by molar-refractivity contribution is 1.18. The maximum absolute atomic E-state index is 2.43. The van der Waals surface area contributed by atoms with Crippen LogP contribution in [0.15, 0.2) is 279 Å². The first kappa shape index (κ1) is 40.5. The number of hydrogen-bond donors (Lipinski definition) is 0. The molecule has 1 heterocycles. The minimum absolute atomic E-state index is 1.06. The molecule has 0 saturated carbocycles. The van der Waals surface area contributed by atoms with Crippen molar-refractivity contribution in [1.82, 2.24) is 4.57 Å². The van der Waals surface area contributed by atoms with Crippen molar-refractivity contribution < 1.29 is 0 Å². The summed E-state index contributed by atoms with van der Waals surface area (Å²) in [6, 6.07) is 101. The van der Waals surface area contributed by atoms with E-state index in [1.807, 2.05) is 0 Å². The lowest BCUT2D eigenvalue weighted by Crippen LogP contribution is -2.10. The summed E-state index contributed by atoms with van der Waals surface area (Å²) in [7, 11) is 0. The molecule has 11 aromatic carbocycles. The maximum atomic E-state index is 2.43. The zero-order chi connectivity index (χ0) is 45.2. The molecule has 0 spiro atoms. The Balaban J connectivity index is 1.10. The molecule has 2 nitrogen and oxygen atoms in total. The number of aromatic nitrogens is 1. The second kappa shape index (κ2) is 17.8. The summed E-state index contributed by atoms with van der Waals surface area (Å²) < 4.78 is 2.40. The Labute approximate surface area is 397 Å². The number of hydrogen-bond acceptors (Lipinski definition) is 1. The van der Waals surface area contributed by atoms with Crippen LogP contribution < -0.4 is 4.90 Å². The molecular formula is C66H46N2. The van der Waals surface area contributed by atoms with E-state index in [0.29, 0.717) is 0 Å². The van der Waals surface area contributed by atoms with E-state index in [-0.39, 0.29) is 0 Å². The Bertz CT molecular complexity index is 3710. The van der Waals surface area contributed by atoms with Gasteiger partial charge in [-0.25, -0.2) is 0 Å². The summed E-state index contributed by atoms with van der Waals surface area (Å²) in [6.45, 7) is 0. The molecule has 0 amide bonds. The molecule has 0 radical (unpaired) electrons. The smallest absolute Gasteiger partial charge is 0.0561 e. The van der Waals surface area contributed by atoms with E-state index in [1.165, 1.54) is 71.9 Å². The Morgan fingerprint density at radius 1 is 0.221 bits per heavy atom. The van der Waals surface area contributed by atoms with Crippen molar-refractivity contribution in [2.75, 3.05) is 4.90 Å². The second-order valence-corrected chi connectivity index (χ2v) is 17.2. The highest BCUT2D eigenvalue weighted by molar-refractivity contribution is 6.10. The molecule has 0 N–H and O–H groups in total. The molecule has 2 heteroatoms. The van der Waals surface area contributed by atoms with Crippen molar-refractivity contribution in [2.45, 2.75) is 0 Å². The highest BCUT2D eigenvalue weighted by Gasteiger charge is 2.22.